The average Bonchev–Trinajstić information content (AvgIpc) is 2.17. The zero-order chi connectivity index (χ0) is 11.6. The Kier molecular flexibility index (Phi) is 3.57. The van der Waals surface area contributed by atoms with E-state index in [1.165, 1.54) is 6.92 Å². The van der Waals surface area contributed by atoms with Gasteiger partial charge in [-0.15, -0.1) is 11.6 Å². The van der Waals surface area contributed by atoms with Crippen molar-refractivity contribution in [1.29, 1.82) is 0 Å². The van der Waals surface area contributed by atoms with E-state index < -0.39 is 18.1 Å². The molecule has 6 heteroatoms. The second-order valence-corrected chi connectivity index (χ2v) is 3.17. The molecular weight excluding hydrogens is 228 g/mol. The second kappa shape index (κ2) is 4.53. The third kappa shape index (κ3) is 2.41. The van der Waals surface area contributed by atoms with Crippen molar-refractivity contribution >= 4 is 17.6 Å². The molecule has 0 aliphatic carbocycles. The molecule has 0 amide bonds. The topological polar surface area (TPSA) is 50.2 Å². The molecule has 1 heterocycles. The second-order valence-electron chi connectivity index (χ2n) is 2.91. The number of pyridine rings is 1. The van der Waals surface area contributed by atoms with E-state index >= 15 is 0 Å². The maximum absolute atomic E-state index is 12.4. The van der Waals surface area contributed by atoms with Gasteiger partial charge in [-0.2, -0.15) is 0 Å². The van der Waals surface area contributed by atoms with Gasteiger partial charge in [-0.25, -0.2) is 13.6 Å². The van der Waals surface area contributed by atoms with Gasteiger partial charge in [0.25, 0.3) is 6.43 Å². The molecule has 0 aromatic carbocycles. The van der Waals surface area contributed by atoms with E-state index in [1.54, 1.807) is 0 Å². The van der Waals surface area contributed by atoms with Crippen LogP contribution in [0.15, 0.2) is 6.07 Å². The molecule has 0 atom stereocenters. The van der Waals surface area contributed by atoms with Crippen LogP contribution in [0.4, 0.5) is 8.78 Å². The third-order valence-corrected chi connectivity index (χ3v) is 2.23. The van der Waals surface area contributed by atoms with Gasteiger partial charge < -0.3 is 5.11 Å². The van der Waals surface area contributed by atoms with Crippen LogP contribution in [0.2, 0.25) is 0 Å². The summed E-state index contributed by atoms with van der Waals surface area (Å²) >= 11 is 5.49. The first-order valence-electron chi connectivity index (χ1n) is 4.05. The van der Waals surface area contributed by atoms with Crippen molar-refractivity contribution in [2.24, 2.45) is 0 Å². The SMILES string of the molecule is Cc1c(C(=O)O)cc(C(F)F)nc1CCl. The molecule has 0 fully saturated rings. The monoisotopic (exact) mass is 235 g/mol. The van der Waals surface area contributed by atoms with Gasteiger partial charge in [0.15, 0.2) is 0 Å². The minimum absolute atomic E-state index is 0.0906. The predicted molar refractivity (Wildman–Crippen MR) is 50.4 cm³/mol. The number of hydrogen-bond donors (Lipinski definition) is 1. The van der Waals surface area contributed by atoms with Gasteiger partial charge in [0.1, 0.15) is 5.69 Å². The zero-order valence-corrected chi connectivity index (χ0v) is 8.55. The van der Waals surface area contributed by atoms with E-state index in [-0.39, 0.29) is 17.1 Å². The minimum Gasteiger partial charge on any atom is -0.478 e. The van der Waals surface area contributed by atoms with Crippen LogP contribution in [0, 0.1) is 6.92 Å². The lowest BCUT2D eigenvalue weighted by Crippen LogP contribution is -2.07. The van der Waals surface area contributed by atoms with E-state index in [0.717, 1.165) is 6.07 Å². The summed E-state index contributed by atoms with van der Waals surface area (Å²) in [6.07, 6.45) is -2.80. The number of nitrogens with zero attached hydrogens (tertiary/aromatic N) is 1. The number of aromatic carboxylic acids is 1. The molecule has 0 spiro atoms. The van der Waals surface area contributed by atoms with Crippen LogP contribution in [0.1, 0.15) is 33.7 Å². The highest BCUT2D eigenvalue weighted by Crippen LogP contribution is 2.22. The fourth-order valence-electron chi connectivity index (χ4n) is 1.15. The molecule has 3 nitrogen and oxygen atoms in total. The van der Waals surface area contributed by atoms with Crippen molar-refractivity contribution in [2.45, 2.75) is 19.2 Å². The van der Waals surface area contributed by atoms with Crippen molar-refractivity contribution in [3.63, 3.8) is 0 Å². The maximum Gasteiger partial charge on any atom is 0.336 e. The summed E-state index contributed by atoms with van der Waals surface area (Å²) in [7, 11) is 0. The summed E-state index contributed by atoms with van der Waals surface area (Å²) in [4.78, 5) is 14.3. The molecular formula is C9H8ClF2NO2. The molecule has 1 rings (SSSR count). The number of halogens is 3. The molecule has 1 N–H and O–H groups in total. The Morgan fingerprint density at radius 2 is 2.27 bits per heavy atom. The Balaban J connectivity index is 3.38. The molecule has 1 aromatic heterocycles. The van der Waals surface area contributed by atoms with E-state index in [0.29, 0.717) is 5.56 Å². The number of carboxylic acid groups (broad SMARTS) is 1. The first-order valence-corrected chi connectivity index (χ1v) is 4.58. The van der Waals surface area contributed by atoms with Crippen LogP contribution in [-0.4, -0.2) is 16.1 Å². The van der Waals surface area contributed by atoms with Gasteiger partial charge in [-0.1, -0.05) is 0 Å². The fourth-order valence-corrected chi connectivity index (χ4v) is 1.41. The standard InChI is InChI=1S/C9H8ClF2NO2/c1-4-5(9(14)15)2-6(8(11)12)13-7(4)3-10/h2,8H,3H2,1H3,(H,14,15). The normalized spacial score (nSPS) is 10.7. The fraction of sp³-hybridized carbons (Fsp3) is 0.333. The molecule has 0 bridgehead atoms. The summed E-state index contributed by atoms with van der Waals surface area (Å²) in [6.45, 7) is 1.49. The number of hydrogen-bond acceptors (Lipinski definition) is 2. The van der Waals surface area contributed by atoms with Crippen molar-refractivity contribution in [2.75, 3.05) is 0 Å². The highest BCUT2D eigenvalue weighted by atomic mass is 35.5. The number of carbonyl (C=O) groups is 1. The summed E-state index contributed by atoms with van der Waals surface area (Å²) in [6, 6.07) is 0.873. The van der Waals surface area contributed by atoms with E-state index in [1.807, 2.05) is 0 Å². The van der Waals surface area contributed by atoms with Gasteiger partial charge >= 0.3 is 5.97 Å². The highest BCUT2D eigenvalue weighted by Gasteiger charge is 2.18. The Labute approximate surface area is 89.7 Å². The minimum atomic E-state index is -2.80. The Bertz CT molecular complexity index is 396. The van der Waals surface area contributed by atoms with Gasteiger partial charge in [0, 0.05) is 0 Å². The third-order valence-electron chi connectivity index (χ3n) is 1.97. The number of aromatic nitrogens is 1. The lowest BCUT2D eigenvalue weighted by molar-refractivity contribution is 0.0695. The molecule has 82 valence electrons. The summed E-state index contributed by atoms with van der Waals surface area (Å²) < 4.78 is 24.7. The van der Waals surface area contributed by atoms with E-state index in [2.05, 4.69) is 4.98 Å². The highest BCUT2D eigenvalue weighted by molar-refractivity contribution is 6.17. The predicted octanol–water partition coefficient (Wildman–Crippen LogP) is 2.76. The zero-order valence-electron chi connectivity index (χ0n) is 7.80. The van der Waals surface area contributed by atoms with Crippen molar-refractivity contribution in [3.8, 4) is 0 Å². The first-order chi connectivity index (χ1) is 6.97. The number of rotatable bonds is 3. The average molecular weight is 236 g/mol. The first kappa shape index (κ1) is 11.8. The largest absolute Gasteiger partial charge is 0.478 e. The van der Waals surface area contributed by atoms with Crippen LogP contribution in [0.3, 0.4) is 0 Å². The summed E-state index contributed by atoms with van der Waals surface area (Å²) in [5.41, 5.74) is -0.252. The smallest absolute Gasteiger partial charge is 0.336 e. The van der Waals surface area contributed by atoms with Gasteiger partial charge in [-0.3, -0.25) is 4.98 Å². The lowest BCUT2D eigenvalue weighted by Gasteiger charge is -2.08. The van der Waals surface area contributed by atoms with Gasteiger partial charge in [0.05, 0.1) is 17.1 Å². The Morgan fingerprint density at radius 1 is 1.67 bits per heavy atom. The van der Waals surface area contributed by atoms with Gasteiger partial charge in [-0.05, 0) is 18.6 Å². The van der Waals surface area contributed by atoms with Crippen molar-refractivity contribution < 1.29 is 18.7 Å². The molecule has 0 radical (unpaired) electrons. The summed E-state index contributed by atoms with van der Waals surface area (Å²) in [5, 5.41) is 8.78. The Morgan fingerprint density at radius 3 is 2.67 bits per heavy atom. The number of alkyl halides is 3. The van der Waals surface area contributed by atoms with Crippen LogP contribution >= 0.6 is 11.6 Å². The molecule has 15 heavy (non-hydrogen) atoms. The molecule has 0 saturated carbocycles. The van der Waals surface area contributed by atoms with Crippen LogP contribution < -0.4 is 0 Å². The van der Waals surface area contributed by atoms with Crippen LogP contribution in [-0.2, 0) is 5.88 Å². The van der Waals surface area contributed by atoms with E-state index in [9.17, 15) is 13.6 Å². The molecule has 0 aliphatic rings. The van der Waals surface area contributed by atoms with Crippen LogP contribution in [0.25, 0.3) is 0 Å². The van der Waals surface area contributed by atoms with E-state index in [4.69, 9.17) is 16.7 Å². The molecule has 1 aromatic rings. The molecule has 0 unspecified atom stereocenters. The Hall–Kier alpha value is -1.23. The molecule has 0 saturated heterocycles. The summed E-state index contributed by atoms with van der Waals surface area (Å²) in [5.74, 6) is -1.35. The van der Waals surface area contributed by atoms with Gasteiger partial charge in [0.2, 0.25) is 0 Å². The maximum atomic E-state index is 12.4. The lowest BCUT2D eigenvalue weighted by atomic mass is 10.1. The van der Waals surface area contributed by atoms with Crippen molar-refractivity contribution in [3.05, 3.63) is 28.6 Å². The quantitative estimate of drug-likeness (QED) is 0.820. The number of carboxylic acids is 1. The molecule has 0 aliphatic heterocycles. The van der Waals surface area contributed by atoms with Crippen LogP contribution in [0.5, 0.6) is 0 Å². The van der Waals surface area contributed by atoms with Crippen molar-refractivity contribution in [1.82, 2.24) is 4.98 Å².